The summed E-state index contributed by atoms with van der Waals surface area (Å²) < 4.78 is 1.95. The van der Waals surface area contributed by atoms with Crippen LogP contribution in [0.3, 0.4) is 0 Å². The molecule has 0 unspecified atom stereocenters. The monoisotopic (exact) mass is 196 g/mol. The van der Waals surface area contributed by atoms with Crippen molar-refractivity contribution in [3.05, 3.63) is 18.2 Å². The van der Waals surface area contributed by atoms with Gasteiger partial charge in [-0.05, 0) is 6.92 Å². The Kier molecular flexibility index (Phi) is 3.64. The van der Waals surface area contributed by atoms with Crippen LogP contribution < -0.4 is 11.1 Å². The second-order valence-electron chi connectivity index (χ2n) is 3.28. The molecule has 5 nitrogen and oxygen atoms in total. The molecule has 0 aliphatic rings. The molecule has 1 heterocycles. The number of amides is 1. The summed E-state index contributed by atoms with van der Waals surface area (Å²) in [6.45, 7) is 4.72. The minimum atomic E-state index is -0.0326. The Morgan fingerprint density at radius 3 is 3.07 bits per heavy atom. The van der Waals surface area contributed by atoms with E-state index in [4.69, 9.17) is 5.73 Å². The Hall–Kier alpha value is -1.36. The van der Waals surface area contributed by atoms with E-state index in [0.29, 0.717) is 13.1 Å². The smallest absolute Gasteiger partial charge is 0.216 e. The molecule has 1 aromatic rings. The molecule has 0 saturated carbocycles. The molecule has 14 heavy (non-hydrogen) atoms. The third-order valence-electron chi connectivity index (χ3n) is 1.94. The number of imidazole rings is 1. The van der Waals surface area contributed by atoms with E-state index in [2.05, 4.69) is 10.3 Å². The van der Waals surface area contributed by atoms with Gasteiger partial charge < -0.3 is 15.6 Å². The minimum Gasteiger partial charge on any atom is -0.355 e. The maximum Gasteiger partial charge on any atom is 0.216 e. The molecule has 3 N–H and O–H groups in total. The van der Waals surface area contributed by atoms with Crippen molar-refractivity contribution in [3.63, 3.8) is 0 Å². The fraction of sp³-hybridized carbons (Fsp3) is 0.556. The molecule has 0 aliphatic heterocycles. The number of hydrogen-bond acceptors (Lipinski definition) is 3. The Morgan fingerprint density at radius 1 is 1.79 bits per heavy atom. The SMILES string of the molecule is CC(=O)NCCn1cncc1[C@@H](C)N. The Morgan fingerprint density at radius 2 is 2.50 bits per heavy atom. The van der Waals surface area contributed by atoms with Crippen LogP contribution in [0.25, 0.3) is 0 Å². The summed E-state index contributed by atoms with van der Waals surface area (Å²) in [6.07, 6.45) is 3.47. The summed E-state index contributed by atoms with van der Waals surface area (Å²) in [6, 6.07) is -0.0326. The number of hydrogen-bond donors (Lipinski definition) is 2. The van der Waals surface area contributed by atoms with Gasteiger partial charge in [0.15, 0.2) is 0 Å². The summed E-state index contributed by atoms with van der Waals surface area (Å²) in [5.74, 6) is -0.0209. The van der Waals surface area contributed by atoms with Gasteiger partial charge in [0.2, 0.25) is 5.91 Å². The summed E-state index contributed by atoms with van der Waals surface area (Å²) in [4.78, 5) is 14.6. The molecule has 78 valence electrons. The van der Waals surface area contributed by atoms with Crippen LogP contribution in [-0.4, -0.2) is 22.0 Å². The van der Waals surface area contributed by atoms with Crippen LogP contribution in [0, 0.1) is 0 Å². The average molecular weight is 196 g/mol. The van der Waals surface area contributed by atoms with Crippen molar-refractivity contribution in [2.45, 2.75) is 26.4 Å². The van der Waals surface area contributed by atoms with E-state index in [1.54, 1.807) is 12.5 Å². The lowest BCUT2D eigenvalue weighted by Gasteiger charge is -2.10. The third kappa shape index (κ3) is 2.85. The van der Waals surface area contributed by atoms with Crippen molar-refractivity contribution >= 4 is 5.91 Å². The highest BCUT2D eigenvalue weighted by Crippen LogP contribution is 2.07. The summed E-state index contributed by atoms with van der Waals surface area (Å²) >= 11 is 0. The quantitative estimate of drug-likeness (QED) is 0.714. The molecule has 1 amide bonds. The van der Waals surface area contributed by atoms with E-state index in [1.807, 2.05) is 11.5 Å². The lowest BCUT2D eigenvalue weighted by Crippen LogP contribution is -2.25. The fourth-order valence-electron chi connectivity index (χ4n) is 1.25. The molecule has 0 bridgehead atoms. The molecular weight excluding hydrogens is 180 g/mol. The van der Waals surface area contributed by atoms with Gasteiger partial charge in [-0.3, -0.25) is 4.79 Å². The van der Waals surface area contributed by atoms with Crippen LogP contribution >= 0.6 is 0 Å². The predicted octanol–water partition coefficient (Wildman–Crippen LogP) is 0.0389. The molecular formula is C9H16N4O. The van der Waals surface area contributed by atoms with E-state index in [-0.39, 0.29) is 11.9 Å². The number of aromatic nitrogens is 2. The Balaban J connectivity index is 2.50. The van der Waals surface area contributed by atoms with Crippen molar-refractivity contribution in [2.24, 2.45) is 5.73 Å². The maximum atomic E-state index is 10.6. The predicted molar refractivity (Wildman–Crippen MR) is 53.5 cm³/mol. The highest BCUT2D eigenvalue weighted by atomic mass is 16.1. The number of rotatable bonds is 4. The zero-order valence-electron chi connectivity index (χ0n) is 8.53. The molecule has 5 heteroatoms. The van der Waals surface area contributed by atoms with Crippen molar-refractivity contribution in [2.75, 3.05) is 6.54 Å². The first kappa shape index (κ1) is 10.7. The van der Waals surface area contributed by atoms with Crippen molar-refractivity contribution in [1.82, 2.24) is 14.9 Å². The zero-order chi connectivity index (χ0) is 10.6. The van der Waals surface area contributed by atoms with Crippen LogP contribution in [0.5, 0.6) is 0 Å². The van der Waals surface area contributed by atoms with Gasteiger partial charge >= 0.3 is 0 Å². The largest absolute Gasteiger partial charge is 0.355 e. The van der Waals surface area contributed by atoms with Gasteiger partial charge in [0.25, 0.3) is 0 Å². The first-order valence-corrected chi connectivity index (χ1v) is 4.61. The van der Waals surface area contributed by atoms with Gasteiger partial charge in [-0.25, -0.2) is 4.98 Å². The van der Waals surface area contributed by atoms with E-state index < -0.39 is 0 Å². The van der Waals surface area contributed by atoms with Gasteiger partial charge in [-0.1, -0.05) is 0 Å². The van der Waals surface area contributed by atoms with Crippen LogP contribution in [-0.2, 0) is 11.3 Å². The molecule has 0 radical (unpaired) electrons. The average Bonchev–Trinajstić information content (AvgIpc) is 2.51. The molecule has 1 atom stereocenters. The number of nitrogens with two attached hydrogens (primary N) is 1. The Bertz CT molecular complexity index is 306. The van der Waals surface area contributed by atoms with Gasteiger partial charge in [0, 0.05) is 32.3 Å². The zero-order valence-corrected chi connectivity index (χ0v) is 8.53. The third-order valence-corrected chi connectivity index (χ3v) is 1.94. The van der Waals surface area contributed by atoms with Crippen molar-refractivity contribution in [1.29, 1.82) is 0 Å². The molecule has 0 saturated heterocycles. The fourth-order valence-corrected chi connectivity index (χ4v) is 1.25. The van der Waals surface area contributed by atoms with Gasteiger partial charge in [0.05, 0.1) is 12.0 Å². The van der Waals surface area contributed by atoms with Gasteiger partial charge in [-0.2, -0.15) is 0 Å². The van der Waals surface area contributed by atoms with E-state index in [0.717, 1.165) is 5.69 Å². The summed E-state index contributed by atoms with van der Waals surface area (Å²) in [7, 11) is 0. The number of carbonyl (C=O) groups is 1. The topological polar surface area (TPSA) is 72.9 Å². The van der Waals surface area contributed by atoms with E-state index >= 15 is 0 Å². The molecule has 0 aliphatic carbocycles. The lowest BCUT2D eigenvalue weighted by molar-refractivity contribution is -0.118. The van der Waals surface area contributed by atoms with Crippen LogP contribution in [0.15, 0.2) is 12.5 Å². The normalized spacial score (nSPS) is 12.5. The number of nitrogens with one attached hydrogen (secondary N) is 1. The number of nitrogens with zero attached hydrogens (tertiary/aromatic N) is 2. The highest BCUT2D eigenvalue weighted by molar-refractivity contribution is 5.72. The van der Waals surface area contributed by atoms with Crippen LogP contribution in [0.1, 0.15) is 25.6 Å². The maximum absolute atomic E-state index is 10.6. The molecule has 0 fully saturated rings. The summed E-state index contributed by atoms with van der Waals surface area (Å²) in [5.41, 5.74) is 6.72. The van der Waals surface area contributed by atoms with Gasteiger partial charge in [-0.15, -0.1) is 0 Å². The van der Waals surface area contributed by atoms with Crippen LogP contribution in [0.4, 0.5) is 0 Å². The molecule has 1 aromatic heterocycles. The Labute approximate surface area is 83.3 Å². The van der Waals surface area contributed by atoms with Crippen molar-refractivity contribution < 1.29 is 4.79 Å². The molecule has 1 rings (SSSR count). The van der Waals surface area contributed by atoms with Crippen LogP contribution in [0.2, 0.25) is 0 Å². The standard InChI is InChI=1S/C9H16N4O/c1-7(10)9-5-11-6-13(9)4-3-12-8(2)14/h5-7H,3-4,10H2,1-2H3,(H,12,14)/t7-/m1/s1. The van der Waals surface area contributed by atoms with E-state index in [1.165, 1.54) is 6.92 Å². The molecule has 0 aromatic carbocycles. The van der Waals surface area contributed by atoms with E-state index in [9.17, 15) is 4.79 Å². The lowest BCUT2D eigenvalue weighted by atomic mass is 10.3. The highest BCUT2D eigenvalue weighted by Gasteiger charge is 2.05. The number of carbonyl (C=O) groups excluding carboxylic acids is 1. The molecule has 0 spiro atoms. The second-order valence-corrected chi connectivity index (χ2v) is 3.28. The van der Waals surface area contributed by atoms with Gasteiger partial charge in [0.1, 0.15) is 0 Å². The minimum absolute atomic E-state index is 0.0209. The first-order valence-electron chi connectivity index (χ1n) is 4.61. The first-order chi connectivity index (χ1) is 6.61. The van der Waals surface area contributed by atoms with Crippen molar-refractivity contribution in [3.8, 4) is 0 Å². The second kappa shape index (κ2) is 4.76. The summed E-state index contributed by atoms with van der Waals surface area (Å²) in [5, 5.41) is 2.72.